The van der Waals surface area contributed by atoms with Gasteiger partial charge in [0.2, 0.25) is 0 Å². The van der Waals surface area contributed by atoms with E-state index < -0.39 is 4.43 Å². The maximum atomic E-state index is 6.15. The van der Waals surface area contributed by atoms with Crippen molar-refractivity contribution in [2.45, 2.75) is 18.8 Å². The van der Waals surface area contributed by atoms with Crippen LogP contribution in [0.15, 0.2) is 43.0 Å². The van der Waals surface area contributed by atoms with Crippen LogP contribution < -0.4 is 11.0 Å². The summed E-state index contributed by atoms with van der Waals surface area (Å²) in [5.74, 6) is 0.425. The molecule has 0 fully saturated rings. The number of anilines is 1. The monoisotopic (exact) mass is 475 g/mol. The third-order valence-corrected chi connectivity index (χ3v) is 16.5. The second-order valence-electron chi connectivity index (χ2n) is 4.95. The molecule has 3 aromatic rings. The molecule has 2 N–H and O–H groups in total. The Morgan fingerprint density at radius 3 is 2.79 bits per heavy atom. The molecule has 2 heterocycles. The van der Waals surface area contributed by atoms with E-state index in [0.29, 0.717) is 25.8 Å². The first kappa shape index (κ1) is 17.8. The Morgan fingerprint density at radius 2 is 2.04 bits per heavy atom. The molecule has 6 nitrogen and oxygen atoms in total. The zero-order chi connectivity index (χ0) is 17.0. The normalized spacial score (nSPS) is 13.9. The maximum absolute atomic E-state index is 6.15. The first-order chi connectivity index (χ1) is 11.6. The fraction of sp³-hybridized carbons (Fsp3) is 0.267. The van der Waals surface area contributed by atoms with Gasteiger partial charge in [0.1, 0.15) is 0 Å². The number of aryl methyl sites for hydroxylation is 1. The second kappa shape index (κ2) is 7.92. The van der Waals surface area contributed by atoms with Gasteiger partial charge in [-0.15, -0.1) is 0 Å². The number of rotatable bonds is 7. The van der Waals surface area contributed by atoms with E-state index in [-0.39, 0.29) is 0 Å². The molecule has 1 atom stereocenters. The quantitative estimate of drug-likeness (QED) is 0.419. The van der Waals surface area contributed by atoms with Gasteiger partial charge in [0.25, 0.3) is 0 Å². The van der Waals surface area contributed by atoms with Gasteiger partial charge in [0, 0.05) is 0 Å². The van der Waals surface area contributed by atoms with Crippen LogP contribution in [0.1, 0.15) is 6.92 Å². The Balaban J connectivity index is 1.74. The molecule has 3 rings (SSSR count). The van der Waals surface area contributed by atoms with Gasteiger partial charge in [0.05, 0.1) is 0 Å². The van der Waals surface area contributed by atoms with E-state index in [2.05, 4.69) is 54.3 Å². The van der Waals surface area contributed by atoms with E-state index in [4.69, 9.17) is 10.3 Å². The summed E-state index contributed by atoms with van der Waals surface area (Å²) >= 11 is 3.70. The summed E-state index contributed by atoms with van der Waals surface area (Å²) in [6, 6.07) is 10.5. The number of hydrogen-bond acceptors (Lipinski definition) is 5. The fourth-order valence-electron chi connectivity index (χ4n) is 2.29. The summed E-state index contributed by atoms with van der Waals surface area (Å²) in [5, 5.41) is 2.31. The zero-order valence-corrected chi connectivity index (χ0v) is 17.5. The van der Waals surface area contributed by atoms with Crippen LogP contribution in [0, 0.1) is 0 Å². The van der Waals surface area contributed by atoms with E-state index in [0.717, 1.165) is 24.1 Å². The van der Waals surface area contributed by atoms with E-state index in [9.17, 15) is 0 Å². The zero-order valence-electron chi connectivity index (χ0n) is 13.2. The van der Waals surface area contributed by atoms with Crippen molar-refractivity contribution in [1.29, 1.82) is 0 Å². The van der Waals surface area contributed by atoms with Gasteiger partial charge >= 0.3 is 154 Å². The molecule has 0 spiro atoms. The van der Waals surface area contributed by atoms with Gasteiger partial charge < -0.3 is 0 Å². The first-order valence-corrected chi connectivity index (χ1v) is 14.8. The van der Waals surface area contributed by atoms with E-state index in [1.165, 1.54) is 11.6 Å². The van der Waals surface area contributed by atoms with Crippen molar-refractivity contribution >= 4 is 56.3 Å². The fourth-order valence-corrected chi connectivity index (χ4v) is 13.0. The Labute approximate surface area is 154 Å². The predicted octanol–water partition coefficient (Wildman–Crippen LogP) is 1.82. The summed E-state index contributed by atoms with van der Waals surface area (Å²) in [7, 11) is 0. The van der Waals surface area contributed by atoms with Crippen LogP contribution in [0.5, 0.6) is 0 Å². The van der Waals surface area contributed by atoms with Crippen molar-refractivity contribution in [3.63, 3.8) is 0 Å². The molecule has 9 heteroatoms. The minimum atomic E-state index is -1.66. The van der Waals surface area contributed by atoms with Crippen LogP contribution in [-0.2, 0) is 11.1 Å². The molecule has 1 unspecified atom stereocenters. The van der Waals surface area contributed by atoms with Gasteiger partial charge in [-0.05, 0) is 0 Å². The number of fused-ring (bicyclic) bond motifs is 1. The molecule has 0 aliphatic heterocycles. The van der Waals surface area contributed by atoms with Crippen LogP contribution in [0.25, 0.3) is 11.2 Å². The van der Waals surface area contributed by atoms with Gasteiger partial charge in [0.15, 0.2) is 0 Å². The SMILES string of the molecule is CCOP(=[Se])([Se]CCn1cnc2c(N)ncnc21)c1ccccc1. The Hall–Kier alpha value is -1.00. The van der Waals surface area contributed by atoms with Crippen molar-refractivity contribution in [1.82, 2.24) is 19.5 Å². The molecule has 0 aliphatic carbocycles. The molecule has 0 radical (unpaired) electrons. The van der Waals surface area contributed by atoms with Gasteiger partial charge in [-0.1, -0.05) is 0 Å². The molecule has 2 aromatic heterocycles. The van der Waals surface area contributed by atoms with Crippen LogP contribution in [-0.4, -0.2) is 55.7 Å². The Bertz CT molecular complexity index is 871. The molecule has 0 aliphatic rings. The van der Waals surface area contributed by atoms with Crippen molar-refractivity contribution in [2.75, 3.05) is 12.3 Å². The number of nitrogens with zero attached hydrogens (tertiary/aromatic N) is 4. The van der Waals surface area contributed by atoms with Crippen molar-refractivity contribution in [3.05, 3.63) is 43.0 Å². The number of aromatic nitrogens is 4. The van der Waals surface area contributed by atoms with Crippen LogP contribution in [0.2, 0.25) is 5.32 Å². The molecular formula is C15H18N5OPSe2. The minimum absolute atomic E-state index is 0.319. The number of benzene rings is 1. The molecule has 24 heavy (non-hydrogen) atoms. The predicted molar refractivity (Wildman–Crippen MR) is 101 cm³/mol. The molecular weight excluding hydrogens is 455 g/mol. The molecule has 0 amide bonds. The standard InChI is InChI=1S/C15H18N5OPSe2/c1-2-21-22(23,12-6-4-3-5-7-12)24-9-8-20-11-19-13-14(16)17-10-18-15(13)20/h3-7,10-11H,2,8-9H2,1H3,(H2,16,17,18). The number of nitrogen functional groups attached to an aromatic ring is 1. The summed E-state index contributed by atoms with van der Waals surface area (Å²) in [4.78, 5) is 12.6. The number of nitrogens with two attached hydrogens (primary N) is 1. The summed E-state index contributed by atoms with van der Waals surface area (Å²) < 4.78 is 6.53. The summed E-state index contributed by atoms with van der Waals surface area (Å²) in [6.45, 7) is 3.61. The molecule has 0 saturated carbocycles. The summed E-state index contributed by atoms with van der Waals surface area (Å²) in [6.07, 6.45) is 3.27. The van der Waals surface area contributed by atoms with Gasteiger partial charge in [-0.2, -0.15) is 0 Å². The van der Waals surface area contributed by atoms with Crippen molar-refractivity contribution in [2.24, 2.45) is 0 Å². The molecule has 126 valence electrons. The second-order valence-corrected chi connectivity index (χ2v) is 19.5. The van der Waals surface area contributed by atoms with E-state index in [1.807, 2.05) is 17.6 Å². The van der Waals surface area contributed by atoms with Crippen molar-refractivity contribution in [3.8, 4) is 0 Å². The average Bonchev–Trinajstić information content (AvgIpc) is 3.01. The molecule has 0 saturated heterocycles. The van der Waals surface area contributed by atoms with E-state index >= 15 is 0 Å². The third-order valence-electron chi connectivity index (χ3n) is 3.39. The molecule has 0 bridgehead atoms. The van der Waals surface area contributed by atoms with Crippen LogP contribution in [0.4, 0.5) is 5.82 Å². The Morgan fingerprint density at radius 1 is 1.25 bits per heavy atom. The van der Waals surface area contributed by atoms with Crippen molar-refractivity contribution < 1.29 is 4.52 Å². The summed E-state index contributed by atoms with van der Waals surface area (Å²) in [5.41, 5.74) is 7.30. The average molecular weight is 473 g/mol. The Kier molecular flexibility index (Phi) is 5.88. The van der Waals surface area contributed by atoms with Crippen LogP contribution in [0.3, 0.4) is 0 Å². The first-order valence-electron chi connectivity index (χ1n) is 7.50. The topological polar surface area (TPSA) is 78.9 Å². The number of hydrogen-bond donors (Lipinski definition) is 1. The third kappa shape index (κ3) is 3.80. The van der Waals surface area contributed by atoms with Gasteiger partial charge in [-0.25, -0.2) is 0 Å². The van der Waals surface area contributed by atoms with E-state index in [1.54, 1.807) is 6.33 Å². The number of imidazole rings is 1. The molecule has 1 aromatic carbocycles. The van der Waals surface area contributed by atoms with Gasteiger partial charge in [-0.3, -0.25) is 0 Å². The van der Waals surface area contributed by atoms with Crippen LogP contribution >= 0.6 is 4.43 Å².